The second kappa shape index (κ2) is 5.77. The molecular formula is C16H20N2O2S. The molecule has 0 heterocycles. The standard InChI is InChI=1S/C16H20N2O2S/c1-12-5-10-16(13(2)11-12)18(4)21(19,20)15-8-6-14(17-3)7-9-15/h5-11,17H,1-4H3. The smallest absolute Gasteiger partial charge is 0.264 e. The van der Waals surface area contributed by atoms with E-state index in [1.807, 2.05) is 32.0 Å². The lowest BCUT2D eigenvalue weighted by molar-refractivity contribution is 0.594. The van der Waals surface area contributed by atoms with Gasteiger partial charge in [-0.3, -0.25) is 4.31 Å². The molecule has 112 valence electrons. The van der Waals surface area contributed by atoms with E-state index in [9.17, 15) is 8.42 Å². The van der Waals surface area contributed by atoms with Crippen molar-refractivity contribution in [3.63, 3.8) is 0 Å². The minimum absolute atomic E-state index is 0.281. The van der Waals surface area contributed by atoms with Crippen LogP contribution in [-0.2, 0) is 10.0 Å². The van der Waals surface area contributed by atoms with Gasteiger partial charge in [-0.25, -0.2) is 8.42 Å². The van der Waals surface area contributed by atoms with Crippen LogP contribution < -0.4 is 9.62 Å². The van der Waals surface area contributed by atoms with E-state index in [-0.39, 0.29) is 4.90 Å². The lowest BCUT2D eigenvalue weighted by Gasteiger charge is -2.22. The first-order valence-electron chi connectivity index (χ1n) is 6.70. The molecule has 2 rings (SSSR count). The maximum Gasteiger partial charge on any atom is 0.264 e. The third kappa shape index (κ3) is 3.03. The first-order valence-corrected chi connectivity index (χ1v) is 8.14. The summed E-state index contributed by atoms with van der Waals surface area (Å²) in [5, 5.41) is 2.97. The van der Waals surface area contributed by atoms with Crippen molar-refractivity contribution in [2.24, 2.45) is 0 Å². The minimum Gasteiger partial charge on any atom is -0.388 e. The Morgan fingerprint density at radius 2 is 1.62 bits per heavy atom. The lowest BCUT2D eigenvalue weighted by atomic mass is 10.1. The number of sulfonamides is 1. The molecular weight excluding hydrogens is 284 g/mol. The third-order valence-electron chi connectivity index (χ3n) is 3.49. The summed E-state index contributed by atoms with van der Waals surface area (Å²) in [4.78, 5) is 0.281. The highest BCUT2D eigenvalue weighted by Crippen LogP contribution is 2.26. The van der Waals surface area contributed by atoms with Crippen molar-refractivity contribution in [1.82, 2.24) is 0 Å². The summed E-state index contributed by atoms with van der Waals surface area (Å²) in [6.45, 7) is 3.90. The van der Waals surface area contributed by atoms with Gasteiger partial charge in [0.2, 0.25) is 0 Å². The quantitative estimate of drug-likeness (QED) is 0.944. The van der Waals surface area contributed by atoms with E-state index in [2.05, 4.69) is 5.32 Å². The Morgan fingerprint density at radius 3 is 2.14 bits per heavy atom. The van der Waals surface area contributed by atoms with Crippen molar-refractivity contribution in [3.05, 3.63) is 53.6 Å². The molecule has 4 nitrogen and oxygen atoms in total. The summed E-state index contributed by atoms with van der Waals surface area (Å²) < 4.78 is 26.7. The van der Waals surface area contributed by atoms with Crippen LogP contribution in [0.15, 0.2) is 47.4 Å². The molecule has 0 amide bonds. The molecule has 0 bridgehead atoms. The molecule has 2 aromatic rings. The molecule has 0 aromatic heterocycles. The molecule has 0 radical (unpaired) electrons. The average molecular weight is 304 g/mol. The Hall–Kier alpha value is -2.01. The molecule has 0 spiro atoms. The molecule has 0 aliphatic heterocycles. The van der Waals surface area contributed by atoms with Gasteiger partial charge in [0.25, 0.3) is 10.0 Å². The Morgan fingerprint density at radius 1 is 1.00 bits per heavy atom. The van der Waals surface area contributed by atoms with Crippen molar-refractivity contribution >= 4 is 21.4 Å². The molecule has 5 heteroatoms. The number of aryl methyl sites for hydroxylation is 2. The van der Waals surface area contributed by atoms with Gasteiger partial charge in [-0.15, -0.1) is 0 Å². The van der Waals surface area contributed by atoms with E-state index in [1.54, 1.807) is 38.4 Å². The highest BCUT2D eigenvalue weighted by molar-refractivity contribution is 7.92. The van der Waals surface area contributed by atoms with Gasteiger partial charge in [-0.2, -0.15) is 0 Å². The predicted octanol–water partition coefficient (Wildman–Crippen LogP) is 3.17. The zero-order valence-corrected chi connectivity index (χ0v) is 13.5. The van der Waals surface area contributed by atoms with Crippen molar-refractivity contribution in [2.75, 3.05) is 23.7 Å². The van der Waals surface area contributed by atoms with Gasteiger partial charge < -0.3 is 5.32 Å². The lowest BCUT2D eigenvalue weighted by Crippen LogP contribution is -2.27. The number of nitrogens with one attached hydrogen (secondary N) is 1. The fraction of sp³-hybridized carbons (Fsp3) is 0.250. The Labute approximate surface area is 126 Å². The molecule has 21 heavy (non-hydrogen) atoms. The maximum atomic E-state index is 12.7. The zero-order chi connectivity index (χ0) is 15.6. The molecule has 0 fully saturated rings. The molecule has 1 N–H and O–H groups in total. The molecule has 0 atom stereocenters. The fourth-order valence-corrected chi connectivity index (χ4v) is 3.50. The summed E-state index contributed by atoms with van der Waals surface area (Å²) in [7, 11) is -0.168. The van der Waals surface area contributed by atoms with Gasteiger partial charge in [-0.05, 0) is 49.7 Å². The van der Waals surface area contributed by atoms with Crippen LogP contribution in [0.4, 0.5) is 11.4 Å². The predicted molar refractivity (Wildman–Crippen MR) is 87.5 cm³/mol. The van der Waals surface area contributed by atoms with Crippen LogP contribution in [0.2, 0.25) is 0 Å². The molecule has 0 saturated heterocycles. The van der Waals surface area contributed by atoms with Gasteiger partial charge in [0.15, 0.2) is 0 Å². The number of rotatable bonds is 4. The minimum atomic E-state index is -3.55. The van der Waals surface area contributed by atoms with Crippen molar-refractivity contribution < 1.29 is 8.42 Å². The van der Waals surface area contributed by atoms with Crippen LogP contribution in [0.25, 0.3) is 0 Å². The van der Waals surface area contributed by atoms with Crippen LogP contribution in [0.3, 0.4) is 0 Å². The van der Waals surface area contributed by atoms with Crippen molar-refractivity contribution in [3.8, 4) is 0 Å². The molecule has 2 aromatic carbocycles. The summed E-state index contributed by atoms with van der Waals surface area (Å²) in [6, 6.07) is 12.5. The van der Waals surface area contributed by atoms with E-state index < -0.39 is 10.0 Å². The summed E-state index contributed by atoms with van der Waals surface area (Å²) >= 11 is 0. The number of benzene rings is 2. The van der Waals surface area contributed by atoms with E-state index in [0.717, 1.165) is 16.8 Å². The number of hydrogen-bond donors (Lipinski definition) is 1. The first kappa shape index (κ1) is 15.4. The van der Waals surface area contributed by atoms with Gasteiger partial charge in [0.05, 0.1) is 10.6 Å². The Bertz CT molecular complexity index is 737. The third-order valence-corrected chi connectivity index (χ3v) is 5.28. The number of hydrogen-bond acceptors (Lipinski definition) is 3. The number of anilines is 2. The largest absolute Gasteiger partial charge is 0.388 e. The van der Waals surface area contributed by atoms with Gasteiger partial charge >= 0.3 is 0 Å². The van der Waals surface area contributed by atoms with Gasteiger partial charge in [0.1, 0.15) is 0 Å². The van der Waals surface area contributed by atoms with Gasteiger partial charge in [-0.1, -0.05) is 17.7 Å². The second-order valence-electron chi connectivity index (χ2n) is 5.04. The van der Waals surface area contributed by atoms with Crippen LogP contribution in [0.1, 0.15) is 11.1 Å². The van der Waals surface area contributed by atoms with Crippen LogP contribution >= 0.6 is 0 Å². The van der Waals surface area contributed by atoms with Gasteiger partial charge in [0, 0.05) is 19.8 Å². The highest BCUT2D eigenvalue weighted by Gasteiger charge is 2.22. The molecule has 0 saturated carbocycles. The monoisotopic (exact) mass is 304 g/mol. The normalized spacial score (nSPS) is 11.2. The Balaban J connectivity index is 2.42. The summed E-state index contributed by atoms with van der Waals surface area (Å²) in [5.74, 6) is 0. The Kier molecular flexibility index (Phi) is 4.23. The zero-order valence-electron chi connectivity index (χ0n) is 12.7. The molecule has 0 aliphatic carbocycles. The van der Waals surface area contributed by atoms with Crippen molar-refractivity contribution in [1.29, 1.82) is 0 Å². The second-order valence-corrected chi connectivity index (χ2v) is 7.01. The summed E-state index contributed by atoms with van der Waals surface area (Å²) in [5.41, 5.74) is 3.62. The van der Waals surface area contributed by atoms with E-state index >= 15 is 0 Å². The van der Waals surface area contributed by atoms with E-state index in [4.69, 9.17) is 0 Å². The first-order chi connectivity index (χ1) is 9.86. The fourth-order valence-electron chi connectivity index (χ4n) is 2.24. The van der Waals surface area contributed by atoms with E-state index in [0.29, 0.717) is 5.69 Å². The van der Waals surface area contributed by atoms with Crippen LogP contribution in [0, 0.1) is 13.8 Å². The van der Waals surface area contributed by atoms with Crippen LogP contribution in [0.5, 0.6) is 0 Å². The van der Waals surface area contributed by atoms with Crippen LogP contribution in [-0.4, -0.2) is 22.5 Å². The number of nitrogens with zero attached hydrogens (tertiary/aromatic N) is 1. The molecule has 0 unspecified atom stereocenters. The highest BCUT2D eigenvalue weighted by atomic mass is 32.2. The summed E-state index contributed by atoms with van der Waals surface area (Å²) in [6.07, 6.45) is 0. The topological polar surface area (TPSA) is 49.4 Å². The van der Waals surface area contributed by atoms with Crippen molar-refractivity contribution in [2.45, 2.75) is 18.7 Å². The SMILES string of the molecule is CNc1ccc(S(=O)(=O)N(C)c2ccc(C)cc2C)cc1. The average Bonchev–Trinajstić information content (AvgIpc) is 2.46. The maximum absolute atomic E-state index is 12.7. The van der Waals surface area contributed by atoms with E-state index in [1.165, 1.54) is 4.31 Å². The molecule has 0 aliphatic rings.